The number of anilines is 2. The van der Waals surface area contributed by atoms with Crippen LogP contribution in [0.5, 0.6) is 0 Å². The number of hydrogen-bond acceptors (Lipinski definition) is 6. The van der Waals surface area contributed by atoms with Gasteiger partial charge in [0.05, 0.1) is 18.8 Å². The average molecular weight is 368 g/mol. The molecule has 7 heteroatoms. The van der Waals surface area contributed by atoms with Crippen molar-refractivity contribution in [2.24, 2.45) is 0 Å². The van der Waals surface area contributed by atoms with Gasteiger partial charge in [-0.25, -0.2) is 4.79 Å². The van der Waals surface area contributed by atoms with E-state index in [0.717, 1.165) is 18.8 Å². The van der Waals surface area contributed by atoms with Gasteiger partial charge in [0, 0.05) is 30.0 Å². The van der Waals surface area contributed by atoms with Crippen molar-refractivity contribution < 1.29 is 23.9 Å². The predicted octanol–water partition coefficient (Wildman–Crippen LogP) is 2.13. The largest absolute Gasteiger partial charge is 0.452 e. The molecule has 0 saturated carbocycles. The third-order valence-corrected chi connectivity index (χ3v) is 4.14. The Balaban J connectivity index is 1.48. The zero-order valence-corrected chi connectivity index (χ0v) is 14.7. The van der Waals surface area contributed by atoms with Gasteiger partial charge in [-0.1, -0.05) is 12.1 Å². The smallest absolute Gasteiger partial charge is 0.338 e. The maximum Gasteiger partial charge on any atom is 0.338 e. The first-order valence-electron chi connectivity index (χ1n) is 8.61. The lowest BCUT2D eigenvalue weighted by Crippen LogP contribution is -2.36. The highest BCUT2D eigenvalue weighted by Gasteiger charge is 2.12. The van der Waals surface area contributed by atoms with E-state index in [1.807, 2.05) is 24.3 Å². The van der Waals surface area contributed by atoms with Crippen molar-refractivity contribution in [3.8, 4) is 0 Å². The van der Waals surface area contributed by atoms with Crippen molar-refractivity contribution in [2.75, 3.05) is 43.1 Å². The topological polar surface area (TPSA) is 84.9 Å². The van der Waals surface area contributed by atoms with E-state index in [9.17, 15) is 14.4 Å². The lowest BCUT2D eigenvalue weighted by Gasteiger charge is -2.28. The molecule has 27 heavy (non-hydrogen) atoms. The lowest BCUT2D eigenvalue weighted by atomic mass is 10.1. The Morgan fingerprint density at radius 2 is 1.70 bits per heavy atom. The van der Waals surface area contributed by atoms with Crippen molar-refractivity contribution in [2.45, 2.75) is 0 Å². The lowest BCUT2D eigenvalue weighted by molar-refractivity contribution is -0.119. The summed E-state index contributed by atoms with van der Waals surface area (Å²) in [6.45, 7) is 2.72. The molecule has 140 valence electrons. The second-order valence-corrected chi connectivity index (χ2v) is 6.01. The minimum atomic E-state index is -0.620. The first kappa shape index (κ1) is 18.6. The number of carbonyl (C=O) groups is 3. The number of nitrogens with zero attached hydrogens (tertiary/aromatic N) is 1. The number of morpholine rings is 1. The number of ether oxygens (including phenoxy) is 2. The molecule has 0 unspecified atom stereocenters. The summed E-state index contributed by atoms with van der Waals surface area (Å²) in [6.07, 6.45) is 0.687. The number of amides is 1. The molecule has 2 aromatic carbocycles. The molecule has 1 N–H and O–H groups in total. The number of benzene rings is 2. The second-order valence-electron chi connectivity index (χ2n) is 6.01. The number of hydrogen-bond donors (Lipinski definition) is 1. The number of nitrogens with one attached hydrogen (secondary N) is 1. The molecule has 0 spiro atoms. The summed E-state index contributed by atoms with van der Waals surface area (Å²) in [4.78, 5) is 36.7. The summed E-state index contributed by atoms with van der Waals surface area (Å²) >= 11 is 0. The summed E-state index contributed by atoms with van der Waals surface area (Å²) in [5, 5.41) is 2.69. The van der Waals surface area contributed by atoms with Gasteiger partial charge in [0.25, 0.3) is 5.91 Å². The molecule has 0 atom stereocenters. The number of esters is 1. The summed E-state index contributed by atoms with van der Waals surface area (Å²) in [5.41, 5.74) is 2.44. The van der Waals surface area contributed by atoms with E-state index in [0.29, 0.717) is 30.8 Å². The van der Waals surface area contributed by atoms with Crippen LogP contribution in [0.4, 0.5) is 11.4 Å². The van der Waals surface area contributed by atoms with Gasteiger partial charge < -0.3 is 19.7 Å². The fraction of sp³-hybridized carbons (Fsp3) is 0.250. The van der Waals surface area contributed by atoms with Crippen LogP contribution in [-0.2, 0) is 14.3 Å². The van der Waals surface area contributed by atoms with Crippen LogP contribution in [0.25, 0.3) is 0 Å². The maximum absolute atomic E-state index is 12.0. The summed E-state index contributed by atoms with van der Waals surface area (Å²) in [7, 11) is 0. The monoisotopic (exact) mass is 368 g/mol. The van der Waals surface area contributed by atoms with Crippen LogP contribution in [0.2, 0.25) is 0 Å². The SMILES string of the molecule is O=Cc1ccc(C(=O)OCC(=O)Nc2ccc(N3CCOCC3)cc2)cc1. The van der Waals surface area contributed by atoms with E-state index in [4.69, 9.17) is 9.47 Å². The Labute approximate surface area is 156 Å². The molecule has 2 aromatic rings. The highest BCUT2D eigenvalue weighted by Crippen LogP contribution is 2.19. The minimum Gasteiger partial charge on any atom is -0.452 e. The summed E-state index contributed by atoms with van der Waals surface area (Å²) in [6, 6.07) is 13.5. The van der Waals surface area contributed by atoms with Crippen molar-refractivity contribution in [3.05, 3.63) is 59.7 Å². The van der Waals surface area contributed by atoms with E-state index < -0.39 is 11.9 Å². The van der Waals surface area contributed by atoms with Crippen molar-refractivity contribution in [3.63, 3.8) is 0 Å². The normalized spacial score (nSPS) is 13.7. The molecule has 1 saturated heterocycles. The Morgan fingerprint density at radius 1 is 1.04 bits per heavy atom. The molecule has 7 nitrogen and oxygen atoms in total. The van der Waals surface area contributed by atoms with E-state index in [-0.39, 0.29) is 12.2 Å². The second kappa shape index (κ2) is 8.95. The van der Waals surface area contributed by atoms with Crippen LogP contribution in [0.1, 0.15) is 20.7 Å². The quantitative estimate of drug-likeness (QED) is 0.621. The highest BCUT2D eigenvalue weighted by molar-refractivity contribution is 5.95. The molecule has 0 aliphatic carbocycles. The highest BCUT2D eigenvalue weighted by atomic mass is 16.5. The first-order valence-corrected chi connectivity index (χ1v) is 8.61. The van der Waals surface area contributed by atoms with Crippen molar-refractivity contribution in [1.29, 1.82) is 0 Å². The molecular weight excluding hydrogens is 348 g/mol. The van der Waals surface area contributed by atoms with E-state index >= 15 is 0 Å². The molecule has 0 aromatic heterocycles. The fourth-order valence-electron chi connectivity index (χ4n) is 2.69. The maximum atomic E-state index is 12.0. The number of carbonyl (C=O) groups excluding carboxylic acids is 3. The fourth-order valence-corrected chi connectivity index (χ4v) is 2.69. The molecule has 1 heterocycles. The summed E-state index contributed by atoms with van der Waals surface area (Å²) < 4.78 is 10.3. The van der Waals surface area contributed by atoms with Crippen LogP contribution in [0.3, 0.4) is 0 Å². The number of rotatable bonds is 6. The van der Waals surface area contributed by atoms with Gasteiger partial charge in [-0.15, -0.1) is 0 Å². The third kappa shape index (κ3) is 5.15. The van der Waals surface area contributed by atoms with E-state index in [1.54, 1.807) is 0 Å². The molecule has 1 fully saturated rings. The van der Waals surface area contributed by atoms with Gasteiger partial charge in [0.1, 0.15) is 6.29 Å². The van der Waals surface area contributed by atoms with E-state index in [2.05, 4.69) is 10.2 Å². The van der Waals surface area contributed by atoms with Crippen molar-refractivity contribution >= 4 is 29.5 Å². The van der Waals surface area contributed by atoms with Crippen LogP contribution in [0.15, 0.2) is 48.5 Å². The Bertz CT molecular complexity index is 796. The zero-order valence-electron chi connectivity index (χ0n) is 14.7. The van der Waals surface area contributed by atoms with Crippen LogP contribution in [-0.4, -0.2) is 51.1 Å². The van der Waals surface area contributed by atoms with Crippen molar-refractivity contribution in [1.82, 2.24) is 0 Å². The number of aldehydes is 1. The van der Waals surface area contributed by atoms with Gasteiger partial charge in [-0.3, -0.25) is 9.59 Å². The standard InChI is InChI=1S/C20H20N2O5/c23-13-15-1-3-16(4-2-15)20(25)27-14-19(24)21-17-5-7-18(8-6-17)22-9-11-26-12-10-22/h1-8,13H,9-12,14H2,(H,21,24). The Hall–Kier alpha value is -3.19. The molecular formula is C20H20N2O5. The minimum absolute atomic E-state index is 0.281. The molecule has 0 bridgehead atoms. The van der Waals surface area contributed by atoms with Gasteiger partial charge in [0.2, 0.25) is 0 Å². The Morgan fingerprint density at radius 3 is 2.33 bits per heavy atom. The predicted molar refractivity (Wildman–Crippen MR) is 100 cm³/mol. The van der Waals surface area contributed by atoms with Crippen LogP contribution >= 0.6 is 0 Å². The van der Waals surface area contributed by atoms with E-state index in [1.165, 1.54) is 24.3 Å². The zero-order chi connectivity index (χ0) is 19.1. The van der Waals surface area contributed by atoms with Gasteiger partial charge >= 0.3 is 5.97 Å². The molecule has 1 amide bonds. The van der Waals surface area contributed by atoms with Gasteiger partial charge in [0.15, 0.2) is 6.61 Å². The molecule has 1 aliphatic rings. The average Bonchev–Trinajstić information content (AvgIpc) is 2.73. The summed E-state index contributed by atoms with van der Waals surface area (Å²) in [5.74, 6) is -1.04. The molecule has 1 aliphatic heterocycles. The molecule has 3 rings (SSSR count). The first-order chi connectivity index (χ1) is 13.2. The molecule has 0 radical (unpaired) electrons. The van der Waals surface area contributed by atoms with Gasteiger partial charge in [-0.05, 0) is 36.4 Å². The van der Waals surface area contributed by atoms with Crippen LogP contribution in [0, 0.1) is 0 Å². The van der Waals surface area contributed by atoms with Gasteiger partial charge in [-0.2, -0.15) is 0 Å². The Kier molecular flexibility index (Phi) is 6.17. The third-order valence-electron chi connectivity index (χ3n) is 4.14. The van der Waals surface area contributed by atoms with Crippen LogP contribution < -0.4 is 10.2 Å².